The predicted molar refractivity (Wildman–Crippen MR) is 106 cm³/mol. The Morgan fingerprint density at radius 1 is 1.29 bits per heavy atom. The van der Waals surface area contributed by atoms with Gasteiger partial charge in [0.1, 0.15) is 16.4 Å². The predicted octanol–water partition coefficient (Wildman–Crippen LogP) is 3.73. The number of hydrogen-bond donors (Lipinski definition) is 2. The first kappa shape index (κ1) is 17.9. The first-order chi connectivity index (χ1) is 13.5. The molecule has 0 aliphatic carbocycles. The van der Waals surface area contributed by atoms with E-state index in [0.29, 0.717) is 17.2 Å². The van der Waals surface area contributed by atoms with Crippen LogP contribution in [0.2, 0.25) is 0 Å². The van der Waals surface area contributed by atoms with E-state index >= 15 is 0 Å². The average molecular weight is 395 g/mol. The molecule has 0 spiro atoms. The summed E-state index contributed by atoms with van der Waals surface area (Å²) in [5.41, 5.74) is 1.63. The van der Waals surface area contributed by atoms with Gasteiger partial charge in [0.15, 0.2) is 11.5 Å². The molecule has 1 atom stereocenters. The number of methoxy groups -OCH3 is 1. The molecule has 0 amide bonds. The van der Waals surface area contributed by atoms with E-state index < -0.39 is 5.97 Å². The molecule has 28 heavy (non-hydrogen) atoms. The molecule has 0 aliphatic heterocycles. The normalized spacial score (nSPS) is 12.1. The number of carboxylic acid groups (broad SMARTS) is 1. The lowest BCUT2D eigenvalue weighted by atomic mass is 10.1. The summed E-state index contributed by atoms with van der Waals surface area (Å²) in [7, 11) is 1.62. The number of nitrogens with zero attached hydrogens (tertiary/aromatic N) is 4. The van der Waals surface area contributed by atoms with Crippen molar-refractivity contribution in [3.05, 3.63) is 59.4 Å². The molecule has 9 heteroatoms. The molecule has 4 aromatic rings. The molecular weight excluding hydrogens is 378 g/mol. The van der Waals surface area contributed by atoms with E-state index in [1.54, 1.807) is 17.8 Å². The SMILES string of the molecule is COc1ccc([C@@H](C)Nc2cc(C(=O)O)nc(-c3cnn4ccsc34)n2)cc1. The molecule has 142 valence electrons. The van der Waals surface area contributed by atoms with Gasteiger partial charge >= 0.3 is 5.97 Å². The molecule has 3 heterocycles. The molecule has 8 nitrogen and oxygen atoms in total. The first-order valence-electron chi connectivity index (χ1n) is 8.49. The number of thiazole rings is 1. The Morgan fingerprint density at radius 2 is 2.07 bits per heavy atom. The van der Waals surface area contributed by atoms with Crippen molar-refractivity contribution >= 4 is 28.0 Å². The zero-order valence-corrected chi connectivity index (χ0v) is 16.0. The number of hydrogen-bond acceptors (Lipinski definition) is 7. The summed E-state index contributed by atoms with van der Waals surface area (Å²) in [6, 6.07) is 8.99. The number of fused-ring (bicyclic) bond motifs is 1. The lowest BCUT2D eigenvalue weighted by molar-refractivity contribution is 0.0690. The minimum Gasteiger partial charge on any atom is -0.497 e. The van der Waals surface area contributed by atoms with Crippen LogP contribution in [0.1, 0.15) is 29.0 Å². The van der Waals surface area contributed by atoms with Crippen LogP contribution < -0.4 is 10.1 Å². The number of ether oxygens (including phenoxy) is 1. The van der Waals surface area contributed by atoms with Gasteiger partial charge in [-0.3, -0.25) is 0 Å². The maximum Gasteiger partial charge on any atom is 0.354 e. The van der Waals surface area contributed by atoms with Gasteiger partial charge in [-0.15, -0.1) is 11.3 Å². The zero-order valence-electron chi connectivity index (χ0n) is 15.2. The van der Waals surface area contributed by atoms with Gasteiger partial charge < -0.3 is 15.2 Å². The summed E-state index contributed by atoms with van der Waals surface area (Å²) in [5.74, 6) is 0.413. The third kappa shape index (κ3) is 3.39. The highest BCUT2D eigenvalue weighted by molar-refractivity contribution is 7.16. The van der Waals surface area contributed by atoms with Gasteiger partial charge in [-0.1, -0.05) is 12.1 Å². The number of carboxylic acids is 1. The Hall–Kier alpha value is -3.46. The molecule has 0 unspecified atom stereocenters. The molecular formula is C19H17N5O3S. The molecule has 0 aliphatic rings. The van der Waals surface area contributed by atoms with Crippen molar-refractivity contribution in [2.45, 2.75) is 13.0 Å². The van der Waals surface area contributed by atoms with Gasteiger partial charge in [-0.05, 0) is 24.6 Å². The first-order valence-corrected chi connectivity index (χ1v) is 9.37. The molecule has 3 aromatic heterocycles. The van der Waals surface area contributed by atoms with E-state index in [9.17, 15) is 9.90 Å². The standard InChI is InChI=1S/C19H17N5O3S/c1-11(12-3-5-13(27-2)6-4-12)21-16-9-15(19(25)26)22-17(23-16)14-10-20-24-7-8-28-18(14)24/h3-11H,1-2H3,(H,25,26)(H,21,22,23)/t11-/m1/s1. The van der Waals surface area contributed by atoms with Crippen LogP contribution in [0.4, 0.5) is 5.82 Å². The van der Waals surface area contributed by atoms with Crippen molar-refractivity contribution in [1.82, 2.24) is 19.6 Å². The highest BCUT2D eigenvalue weighted by atomic mass is 32.1. The summed E-state index contributed by atoms with van der Waals surface area (Å²) in [6.07, 6.45) is 3.47. The van der Waals surface area contributed by atoms with E-state index in [2.05, 4.69) is 20.4 Å². The Balaban J connectivity index is 1.69. The summed E-state index contributed by atoms with van der Waals surface area (Å²) in [6.45, 7) is 1.97. The summed E-state index contributed by atoms with van der Waals surface area (Å²) >= 11 is 1.49. The van der Waals surface area contributed by atoms with E-state index in [1.165, 1.54) is 17.4 Å². The molecule has 0 radical (unpaired) electrons. The highest BCUT2D eigenvalue weighted by Crippen LogP contribution is 2.27. The van der Waals surface area contributed by atoms with E-state index in [-0.39, 0.29) is 11.7 Å². The van der Waals surface area contributed by atoms with E-state index in [0.717, 1.165) is 16.1 Å². The van der Waals surface area contributed by atoms with Crippen molar-refractivity contribution in [2.75, 3.05) is 12.4 Å². The Kier molecular flexibility index (Phi) is 4.66. The van der Waals surface area contributed by atoms with Gasteiger partial charge in [0.05, 0.1) is 18.9 Å². The lowest BCUT2D eigenvalue weighted by Gasteiger charge is -2.16. The number of aromatic carboxylic acids is 1. The Labute approximate surface area is 164 Å². The van der Waals surface area contributed by atoms with E-state index in [1.807, 2.05) is 42.8 Å². The third-order valence-electron chi connectivity index (χ3n) is 4.30. The maximum atomic E-state index is 11.6. The van der Waals surface area contributed by atoms with Crippen molar-refractivity contribution < 1.29 is 14.6 Å². The molecule has 0 bridgehead atoms. The molecule has 1 aromatic carbocycles. The summed E-state index contributed by atoms with van der Waals surface area (Å²) in [4.78, 5) is 21.1. The third-order valence-corrected chi connectivity index (χ3v) is 5.19. The topological polar surface area (TPSA) is 102 Å². The van der Waals surface area contributed by atoms with Gasteiger partial charge in [0.25, 0.3) is 0 Å². The molecule has 0 saturated heterocycles. The number of benzene rings is 1. The number of aromatic nitrogens is 4. The molecule has 2 N–H and O–H groups in total. The minimum atomic E-state index is -1.11. The molecule has 4 rings (SSSR count). The van der Waals surface area contributed by atoms with Gasteiger partial charge in [-0.2, -0.15) is 5.10 Å². The quantitative estimate of drug-likeness (QED) is 0.513. The van der Waals surface area contributed by atoms with Crippen molar-refractivity contribution in [2.24, 2.45) is 0 Å². The second-order valence-electron chi connectivity index (χ2n) is 6.12. The van der Waals surface area contributed by atoms with Crippen LogP contribution in [0.5, 0.6) is 5.75 Å². The zero-order chi connectivity index (χ0) is 19.7. The van der Waals surface area contributed by atoms with E-state index in [4.69, 9.17) is 4.74 Å². The number of anilines is 1. The fraction of sp³-hybridized carbons (Fsp3) is 0.158. The average Bonchev–Trinajstić information content (AvgIpc) is 3.31. The smallest absolute Gasteiger partial charge is 0.354 e. The molecule has 0 saturated carbocycles. The Morgan fingerprint density at radius 3 is 2.79 bits per heavy atom. The van der Waals surface area contributed by atoms with Crippen LogP contribution in [0.25, 0.3) is 16.2 Å². The number of carbonyl (C=O) groups is 1. The van der Waals surface area contributed by atoms with Crippen molar-refractivity contribution in [3.63, 3.8) is 0 Å². The minimum absolute atomic E-state index is 0.0784. The summed E-state index contributed by atoms with van der Waals surface area (Å²) in [5, 5.41) is 18.9. The molecule has 0 fully saturated rings. The second-order valence-corrected chi connectivity index (χ2v) is 7.01. The fourth-order valence-corrected chi connectivity index (χ4v) is 3.62. The van der Waals surface area contributed by atoms with Gasteiger partial charge in [0.2, 0.25) is 0 Å². The largest absolute Gasteiger partial charge is 0.497 e. The Bertz CT molecular complexity index is 1140. The maximum absolute atomic E-state index is 11.6. The summed E-state index contributed by atoms with van der Waals surface area (Å²) < 4.78 is 6.89. The van der Waals surface area contributed by atoms with Crippen LogP contribution in [-0.4, -0.2) is 37.8 Å². The van der Waals surface area contributed by atoms with Crippen LogP contribution >= 0.6 is 11.3 Å². The van der Waals surface area contributed by atoms with Crippen molar-refractivity contribution in [3.8, 4) is 17.1 Å². The van der Waals surface area contributed by atoms with Crippen LogP contribution in [0.3, 0.4) is 0 Å². The fourth-order valence-electron chi connectivity index (χ4n) is 2.83. The lowest BCUT2D eigenvalue weighted by Crippen LogP contribution is -2.11. The van der Waals surface area contributed by atoms with Crippen molar-refractivity contribution in [1.29, 1.82) is 0 Å². The van der Waals surface area contributed by atoms with Crippen LogP contribution in [0, 0.1) is 0 Å². The number of rotatable bonds is 6. The number of nitrogens with one attached hydrogen (secondary N) is 1. The van der Waals surface area contributed by atoms with Crippen LogP contribution in [0.15, 0.2) is 48.1 Å². The second kappa shape index (κ2) is 7.28. The van der Waals surface area contributed by atoms with Gasteiger partial charge in [-0.25, -0.2) is 19.3 Å². The highest BCUT2D eigenvalue weighted by Gasteiger charge is 2.17. The van der Waals surface area contributed by atoms with Crippen LogP contribution in [-0.2, 0) is 0 Å². The monoisotopic (exact) mass is 395 g/mol. The van der Waals surface area contributed by atoms with Gasteiger partial charge in [0, 0.05) is 23.7 Å².